The van der Waals surface area contributed by atoms with Crippen molar-refractivity contribution in [3.63, 3.8) is 0 Å². The molecule has 0 unspecified atom stereocenters. The van der Waals surface area contributed by atoms with E-state index in [-0.39, 0.29) is 6.15 Å². The lowest BCUT2D eigenvalue weighted by molar-refractivity contribution is 0.471. The first-order valence-corrected chi connectivity index (χ1v) is 0.697. The van der Waals surface area contributed by atoms with Crippen molar-refractivity contribution in [2.24, 2.45) is 0 Å². The van der Waals surface area contributed by atoms with Crippen molar-refractivity contribution in [2.75, 3.05) is 0 Å². The van der Waals surface area contributed by atoms with Gasteiger partial charge in [0.2, 0.25) is 0 Å². The zero-order valence-corrected chi connectivity index (χ0v) is 2.60. The van der Waals surface area contributed by atoms with E-state index in [2.05, 4.69) is 0 Å². The molecular weight excluding hydrogens is 70.0 g/mol. The number of hydrogen-bond acceptors (Lipinski definition) is 3. The molecule has 0 aliphatic heterocycles. The average Bonchev–Trinajstić information content (AvgIpc) is 1.37. The fourth-order valence-electron chi connectivity index (χ4n) is 0. The molecule has 0 saturated carbocycles. The maximum absolute atomic E-state index is 7.26. The molecule has 5 N–H and O–H groups in total. The fourth-order valence-corrected chi connectivity index (χ4v) is 0. The van der Waals surface area contributed by atoms with E-state index in [0.29, 0.717) is 0 Å². The first-order valence-electron chi connectivity index (χ1n) is 0.697. The van der Waals surface area contributed by atoms with Crippen molar-refractivity contribution >= 4 is 0 Å². The number of aliphatic hydroxyl groups is 2. The highest BCUT2D eigenvalue weighted by Gasteiger charge is 1.30. The van der Waals surface area contributed by atoms with Crippen molar-refractivity contribution in [1.29, 1.82) is 0 Å². The Balaban J connectivity index is 0. The van der Waals surface area contributed by atoms with Gasteiger partial charge in [-0.05, 0) is 0 Å². The average molecular weight is 75.1 g/mol. The summed E-state index contributed by atoms with van der Waals surface area (Å²) in [5.74, 6) is 0. The molecule has 0 aromatic rings. The Kier molecular flexibility index (Phi) is 20.0. The van der Waals surface area contributed by atoms with Crippen LogP contribution in [0.2, 0.25) is 0 Å². The molecule has 0 aliphatic rings. The van der Waals surface area contributed by atoms with E-state index in [4.69, 9.17) is 10.2 Å². The smallest absolute Gasteiger partial charge is 0.152 e. The van der Waals surface area contributed by atoms with Gasteiger partial charge in [-0.2, -0.15) is 0 Å². The van der Waals surface area contributed by atoms with Gasteiger partial charge in [-0.25, -0.2) is 0 Å². The quantitative estimate of drug-likeness (QED) is 0.349. The summed E-state index contributed by atoms with van der Waals surface area (Å²) in [6, 6.07) is 0. The van der Waals surface area contributed by atoms with Crippen LogP contribution in [-0.4, -0.2) is 10.2 Å². The van der Waals surface area contributed by atoms with Gasteiger partial charge in [-0.15, -0.1) is 0 Å². The zero-order valence-electron chi connectivity index (χ0n) is 2.60. The van der Waals surface area contributed by atoms with Crippen LogP contribution in [0.4, 0.5) is 0 Å². The number of rotatable bonds is 0. The summed E-state index contributed by atoms with van der Waals surface area (Å²) in [6.07, 6.45) is 2.47. The summed E-state index contributed by atoms with van der Waals surface area (Å²) in [7, 11) is 0. The van der Waals surface area contributed by atoms with Crippen molar-refractivity contribution in [3.8, 4) is 12.2 Å². The second kappa shape index (κ2) is 11.2. The minimum atomic E-state index is 0. The molecule has 0 amide bonds. The molecule has 0 spiro atoms. The maximum Gasteiger partial charge on any atom is 0.152 e. The fraction of sp³-hybridized carbons (Fsp3) is 0. The van der Waals surface area contributed by atoms with Gasteiger partial charge in [-0.3, -0.25) is 0 Å². The van der Waals surface area contributed by atoms with Crippen molar-refractivity contribution in [2.45, 2.75) is 0 Å². The SMILES string of the molecule is N.OC#CO. The summed E-state index contributed by atoms with van der Waals surface area (Å²) in [6.45, 7) is 0. The minimum Gasteiger partial charge on any atom is -0.460 e. The van der Waals surface area contributed by atoms with Crippen LogP contribution in [0.5, 0.6) is 0 Å². The Labute approximate surface area is 29.8 Å². The predicted octanol–water partition coefficient (Wildman–Crippen LogP) is -0.188. The van der Waals surface area contributed by atoms with Crippen LogP contribution >= 0.6 is 0 Å². The summed E-state index contributed by atoms with van der Waals surface area (Å²) in [5.41, 5.74) is 0. The Morgan fingerprint density at radius 3 is 1.20 bits per heavy atom. The van der Waals surface area contributed by atoms with E-state index >= 15 is 0 Å². The van der Waals surface area contributed by atoms with Gasteiger partial charge in [0.05, 0.1) is 0 Å². The molecule has 0 atom stereocenters. The number of hydrogen-bond donors (Lipinski definition) is 3. The Morgan fingerprint density at radius 2 is 1.20 bits per heavy atom. The standard InChI is InChI=1S/C2H2O2.H3N/c3-1-2-4;/h3-4H;1H3. The first-order chi connectivity index (χ1) is 1.91. The van der Waals surface area contributed by atoms with Crippen LogP contribution in [0.3, 0.4) is 0 Å². The molecule has 5 heavy (non-hydrogen) atoms. The predicted molar refractivity (Wildman–Crippen MR) is 16.7 cm³/mol. The van der Waals surface area contributed by atoms with Gasteiger partial charge < -0.3 is 16.4 Å². The highest BCUT2D eigenvalue weighted by atomic mass is 16.3. The first kappa shape index (κ1) is 8.92. The molecular formula is C2H5NO2. The summed E-state index contributed by atoms with van der Waals surface area (Å²) in [5, 5.41) is 14.5. The lowest BCUT2D eigenvalue weighted by atomic mass is 11.2. The van der Waals surface area contributed by atoms with E-state index in [1.54, 1.807) is 0 Å². The van der Waals surface area contributed by atoms with E-state index < -0.39 is 0 Å². The second-order valence-electron chi connectivity index (χ2n) is 0.224. The van der Waals surface area contributed by atoms with E-state index in [1.165, 1.54) is 12.2 Å². The van der Waals surface area contributed by atoms with Crippen LogP contribution in [0.15, 0.2) is 0 Å². The van der Waals surface area contributed by atoms with Gasteiger partial charge in [0.25, 0.3) is 0 Å². The van der Waals surface area contributed by atoms with Crippen molar-refractivity contribution < 1.29 is 10.2 Å². The summed E-state index contributed by atoms with van der Waals surface area (Å²) < 4.78 is 0. The molecule has 0 heterocycles. The van der Waals surface area contributed by atoms with Crippen LogP contribution in [0, 0.1) is 12.2 Å². The van der Waals surface area contributed by atoms with E-state index in [9.17, 15) is 0 Å². The summed E-state index contributed by atoms with van der Waals surface area (Å²) >= 11 is 0. The molecule has 0 radical (unpaired) electrons. The van der Waals surface area contributed by atoms with Crippen LogP contribution in [0.1, 0.15) is 0 Å². The molecule has 0 aromatic carbocycles. The molecule has 3 nitrogen and oxygen atoms in total. The zero-order chi connectivity index (χ0) is 3.41. The van der Waals surface area contributed by atoms with Crippen LogP contribution in [-0.2, 0) is 0 Å². The van der Waals surface area contributed by atoms with Crippen LogP contribution < -0.4 is 6.15 Å². The second-order valence-corrected chi connectivity index (χ2v) is 0.224. The van der Waals surface area contributed by atoms with Gasteiger partial charge in [0.15, 0.2) is 12.2 Å². The molecule has 3 heteroatoms. The minimum absolute atomic E-state index is 0. The van der Waals surface area contributed by atoms with Gasteiger partial charge in [-0.1, -0.05) is 0 Å². The molecule has 0 aliphatic carbocycles. The third-order valence-electron chi connectivity index (χ3n) is 0.0500. The maximum atomic E-state index is 7.26. The number of aliphatic hydroxyl groups excluding tert-OH is 2. The van der Waals surface area contributed by atoms with Gasteiger partial charge >= 0.3 is 0 Å². The molecule has 0 saturated heterocycles. The largest absolute Gasteiger partial charge is 0.460 e. The highest BCUT2D eigenvalue weighted by molar-refractivity contribution is 4.72. The third kappa shape index (κ3) is 272. The topological polar surface area (TPSA) is 75.5 Å². The van der Waals surface area contributed by atoms with Crippen molar-refractivity contribution in [3.05, 3.63) is 0 Å². The molecule has 0 fully saturated rings. The Morgan fingerprint density at radius 1 is 1.00 bits per heavy atom. The normalized spacial score (nSPS) is 2.40. The van der Waals surface area contributed by atoms with Crippen LogP contribution in [0.25, 0.3) is 0 Å². The molecule has 0 aromatic heterocycles. The summed E-state index contributed by atoms with van der Waals surface area (Å²) in [4.78, 5) is 0. The van der Waals surface area contributed by atoms with Gasteiger partial charge in [0.1, 0.15) is 0 Å². The molecule has 0 rings (SSSR count). The Bertz CT molecular complexity index is 44.4. The monoisotopic (exact) mass is 75.0 g/mol. The lowest BCUT2D eigenvalue weighted by Gasteiger charge is -1.44. The third-order valence-corrected chi connectivity index (χ3v) is 0.0500. The highest BCUT2D eigenvalue weighted by Crippen LogP contribution is 1.24. The Hall–Kier alpha value is -0.880. The lowest BCUT2D eigenvalue weighted by Crippen LogP contribution is -1.44. The molecule has 30 valence electrons. The molecule has 0 bridgehead atoms. The van der Waals surface area contributed by atoms with E-state index in [0.717, 1.165) is 0 Å². The van der Waals surface area contributed by atoms with Gasteiger partial charge in [0, 0.05) is 0 Å². The van der Waals surface area contributed by atoms with E-state index in [1.807, 2.05) is 0 Å². The van der Waals surface area contributed by atoms with Crippen molar-refractivity contribution in [1.82, 2.24) is 6.15 Å².